The number of carbonyl (C=O) groups excluding carboxylic acids is 3. The van der Waals surface area contributed by atoms with Gasteiger partial charge < -0.3 is 0 Å². The van der Waals surface area contributed by atoms with Crippen LogP contribution in [0.15, 0.2) is 22.9 Å². The number of alkyl halides is 1. The Kier molecular flexibility index (Phi) is 12.5. The van der Waals surface area contributed by atoms with E-state index in [2.05, 4.69) is 34.2 Å². The summed E-state index contributed by atoms with van der Waals surface area (Å²) >= 11 is 7.18. The fourth-order valence-electron chi connectivity index (χ4n) is 6.93. The van der Waals surface area contributed by atoms with Crippen LogP contribution in [0.3, 0.4) is 0 Å². The first-order valence-electron chi connectivity index (χ1n) is 16.3. The van der Waals surface area contributed by atoms with Crippen LogP contribution in [-0.4, -0.2) is 68.3 Å². The van der Waals surface area contributed by atoms with Crippen LogP contribution in [0.5, 0.6) is 0 Å². The van der Waals surface area contributed by atoms with Crippen molar-refractivity contribution in [2.24, 2.45) is 11.8 Å². The number of thiophene rings is 1. The number of benzene rings is 1. The number of nitrogens with one attached hydrogen (secondary N) is 3. The molecule has 0 radical (unpaired) electrons. The van der Waals surface area contributed by atoms with E-state index in [0.29, 0.717) is 61.1 Å². The molecule has 2 saturated heterocycles. The second kappa shape index (κ2) is 16.5. The van der Waals surface area contributed by atoms with Gasteiger partial charge in [-0.05, 0) is 0 Å². The molecule has 3 aliphatic rings. The molecule has 1 unspecified atom stereocenters. The number of halogens is 2. The number of likely N-dealkylation sites (tertiary alicyclic amines) is 1. The standard InChI is InChI=1S/C34H45ClIN6O3S/c1-3-5-24(25-7-12-38-13-8-25)6-11-36-32(43)29(18-22-16-23(4-2)31(37)28(35)17-22)39-33(44)41-14-9-27(10-15-41)42-19-26-20-46-21-30(26)40-34(42)45/h2,16-17,20-21,24-25,27,29,38H,3,5-15,18-19,37H2,1H3,(H,39,44)(H,40,45)/q-1/t24?,29-/m1/s1. The zero-order valence-electron chi connectivity index (χ0n) is 26.5. The molecule has 4 heterocycles. The van der Waals surface area contributed by atoms with E-state index in [1.54, 1.807) is 28.4 Å². The summed E-state index contributed by atoms with van der Waals surface area (Å²) in [6.07, 6.45) is 13.2. The van der Waals surface area contributed by atoms with Gasteiger partial charge in [0.1, 0.15) is 0 Å². The number of hydrogen-bond acceptors (Lipinski definition) is 6. The predicted octanol–water partition coefficient (Wildman–Crippen LogP) is 2.52. The summed E-state index contributed by atoms with van der Waals surface area (Å²) in [5.74, 6) is 3.95. The van der Waals surface area contributed by atoms with Crippen molar-refractivity contribution in [3.63, 3.8) is 0 Å². The first-order chi connectivity index (χ1) is 22.3. The van der Waals surface area contributed by atoms with Gasteiger partial charge >= 0.3 is 277 Å². The number of carbonyl (C=O) groups is 3. The van der Waals surface area contributed by atoms with Crippen LogP contribution in [0.4, 0.5) is 21.0 Å². The van der Waals surface area contributed by atoms with Gasteiger partial charge in [-0.2, -0.15) is 0 Å². The third kappa shape index (κ3) is 8.68. The van der Waals surface area contributed by atoms with Crippen molar-refractivity contribution in [1.82, 2.24) is 20.4 Å². The average Bonchev–Trinajstić information content (AvgIpc) is 3.52. The van der Waals surface area contributed by atoms with Gasteiger partial charge in [-0.25, -0.2) is 0 Å². The van der Waals surface area contributed by atoms with Gasteiger partial charge in [-0.3, -0.25) is 0 Å². The summed E-state index contributed by atoms with van der Waals surface area (Å²) in [6.45, 7) is 6.00. The number of anilines is 2. The van der Waals surface area contributed by atoms with E-state index >= 15 is 0 Å². The molecule has 5 rings (SSSR count). The van der Waals surface area contributed by atoms with Crippen LogP contribution in [-0.2, 0) is 17.8 Å². The molecule has 4 amide bonds. The van der Waals surface area contributed by atoms with E-state index < -0.39 is 27.2 Å². The minimum absolute atomic E-state index is 0.0514. The molecule has 12 heteroatoms. The molecule has 2 aromatic rings. The third-order valence-corrected chi connectivity index (χ3v) is 13.3. The molecule has 2 fully saturated rings. The quantitative estimate of drug-likeness (QED) is 0.0869. The number of rotatable bonds is 12. The number of fused-ring (bicyclic) bond motifs is 1. The van der Waals surface area contributed by atoms with Gasteiger partial charge in [0, 0.05) is 5.38 Å². The Balaban J connectivity index is 1.21. The summed E-state index contributed by atoms with van der Waals surface area (Å²) in [7, 11) is 0. The summed E-state index contributed by atoms with van der Waals surface area (Å²) in [4.78, 5) is 43.8. The van der Waals surface area contributed by atoms with Crippen LogP contribution in [0.1, 0.15) is 68.6 Å². The molecular formula is C34H45ClIN6O3S-. The number of terminal acetylenes is 1. The van der Waals surface area contributed by atoms with Crippen LogP contribution in [0.2, 0.25) is 5.02 Å². The Morgan fingerprint density at radius 1 is 1.20 bits per heavy atom. The zero-order chi connectivity index (χ0) is 32.6. The van der Waals surface area contributed by atoms with Crippen LogP contribution < -0.4 is 42.9 Å². The summed E-state index contributed by atoms with van der Waals surface area (Å²) < 4.78 is 1.03. The van der Waals surface area contributed by atoms with Gasteiger partial charge in [0.25, 0.3) is 0 Å². The molecule has 250 valence electrons. The normalized spacial score (nSPS) is 18.8. The van der Waals surface area contributed by atoms with E-state index in [4.69, 9.17) is 23.8 Å². The molecule has 2 atom stereocenters. The number of nitrogen functional groups attached to an aromatic ring is 1. The van der Waals surface area contributed by atoms with Gasteiger partial charge in [0.05, 0.1) is 0 Å². The number of nitrogens with two attached hydrogens (primary N) is 1. The molecule has 9 nitrogen and oxygen atoms in total. The van der Waals surface area contributed by atoms with E-state index in [0.717, 1.165) is 53.1 Å². The van der Waals surface area contributed by atoms with Gasteiger partial charge in [-0.15, -0.1) is 11.3 Å². The van der Waals surface area contributed by atoms with Crippen molar-refractivity contribution >= 4 is 50.2 Å². The van der Waals surface area contributed by atoms with E-state index in [-0.39, 0.29) is 21.9 Å². The maximum atomic E-state index is 13.8. The molecule has 0 saturated carbocycles. The van der Waals surface area contributed by atoms with Crippen LogP contribution in [0, 0.1) is 24.2 Å². The molecule has 46 heavy (non-hydrogen) atoms. The van der Waals surface area contributed by atoms with Crippen molar-refractivity contribution in [3.8, 4) is 12.3 Å². The van der Waals surface area contributed by atoms with Crippen molar-refractivity contribution in [1.29, 1.82) is 0 Å². The molecule has 1 aromatic carbocycles. The Morgan fingerprint density at radius 3 is 2.67 bits per heavy atom. The van der Waals surface area contributed by atoms with Crippen molar-refractivity contribution in [2.45, 2.75) is 76.9 Å². The molecule has 0 aliphatic carbocycles. The second-order valence-electron chi connectivity index (χ2n) is 12.5. The first-order valence-corrected chi connectivity index (χ1v) is 20.3. The molecule has 0 spiro atoms. The van der Waals surface area contributed by atoms with Crippen LogP contribution in [0.25, 0.3) is 0 Å². The number of urea groups is 2. The maximum absolute atomic E-state index is 13.8. The third-order valence-electron chi connectivity index (χ3n) is 9.55. The number of nitrogens with zero attached hydrogens (tertiary/aromatic N) is 2. The zero-order valence-corrected chi connectivity index (χ0v) is 30.2. The monoisotopic (exact) mass is 779 g/mol. The summed E-state index contributed by atoms with van der Waals surface area (Å²) in [5.41, 5.74) is 9.68. The van der Waals surface area contributed by atoms with Gasteiger partial charge in [-0.1, -0.05) is 0 Å². The molecule has 3 aliphatic heterocycles. The fourth-order valence-corrected chi connectivity index (χ4v) is 10.5. The Labute approximate surface area is 292 Å². The molecule has 1 aromatic heterocycles. The summed E-state index contributed by atoms with van der Waals surface area (Å²) in [5, 5.41) is 13.9. The number of hydrogen-bond donors (Lipinski definition) is 4. The fraction of sp³-hybridized carbons (Fsp3) is 0.559. The first kappa shape index (κ1) is 34.8. The van der Waals surface area contributed by atoms with E-state index in [9.17, 15) is 14.4 Å². The Bertz CT molecular complexity index is 1430. The molecule has 5 N–H and O–H groups in total. The van der Waals surface area contributed by atoms with Crippen molar-refractivity contribution in [3.05, 3.63) is 44.6 Å². The average molecular weight is 780 g/mol. The minimum atomic E-state index is -0.796. The SMILES string of the molecule is C#Cc1cc(C[C@@H](NC(=O)N2CCC(N3Cc4cscc4NC3=O)CC2)C(=O)[I-]CCC(CCC)C2CCNCC2)cc(Cl)c1N. The number of piperidine rings is 2. The van der Waals surface area contributed by atoms with Gasteiger partial charge in [0.15, 0.2) is 0 Å². The van der Waals surface area contributed by atoms with Crippen molar-refractivity contribution < 1.29 is 35.6 Å². The topological polar surface area (TPSA) is 120 Å². The molecular weight excluding hydrogens is 735 g/mol. The summed E-state index contributed by atoms with van der Waals surface area (Å²) in [6, 6.07) is 2.58. The second-order valence-corrected chi connectivity index (χ2v) is 16.6. The van der Waals surface area contributed by atoms with Gasteiger partial charge in [0.2, 0.25) is 0 Å². The predicted molar refractivity (Wildman–Crippen MR) is 182 cm³/mol. The van der Waals surface area contributed by atoms with Crippen LogP contribution >= 0.6 is 22.9 Å². The molecule has 0 bridgehead atoms. The Morgan fingerprint density at radius 2 is 1.96 bits per heavy atom. The number of amides is 4. The van der Waals surface area contributed by atoms with E-state index in [1.807, 2.05) is 10.3 Å². The Hall–Kier alpha value is -2.53. The van der Waals surface area contributed by atoms with Crippen molar-refractivity contribution in [2.75, 3.05) is 41.7 Å². The van der Waals surface area contributed by atoms with E-state index in [1.165, 1.54) is 19.3 Å².